The number of carbonyl (C=O) groups is 1. The predicted octanol–water partition coefficient (Wildman–Crippen LogP) is 4.56. The van der Waals surface area contributed by atoms with E-state index in [4.69, 9.17) is 9.72 Å². The van der Waals surface area contributed by atoms with Crippen LogP contribution in [0, 0.1) is 6.92 Å². The Morgan fingerprint density at radius 1 is 1.28 bits per heavy atom. The maximum absolute atomic E-state index is 11.9. The number of benzene rings is 1. The maximum Gasteiger partial charge on any atom is 0.161 e. The molecule has 0 unspecified atom stereocenters. The standard InChI is InChI=1S/C24H31N3O2/c1-4-22-21(17(3)28)14-16(2)24(26-22)27-12-9-19(10-13-27)29-20-7-8-23-18(15-20)6-5-11-25-23/h7-8,14-15,19,25H,4-6,9-13H2,1-3H3. The minimum atomic E-state index is 0.0938. The first-order valence-corrected chi connectivity index (χ1v) is 10.8. The quantitative estimate of drug-likeness (QED) is 0.755. The zero-order valence-corrected chi connectivity index (χ0v) is 17.8. The van der Waals surface area contributed by atoms with Crippen molar-refractivity contribution >= 4 is 17.3 Å². The van der Waals surface area contributed by atoms with Gasteiger partial charge in [-0.2, -0.15) is 0 Å². The van der Waals surface area contributed by atoms with Gasteiger partial charge in [0.05, 0.1) is 5.69 Å². The Kier molecular flexibility index (Phi) is 5.74. The Bertz CT molecular complexity index is 901. The summed E-state index contributed by atoms with van der Waals surface area (Å²) >= 11 is 0. The van der Waals surface area contributed by atoms with E-state index < -0.39 is 0 Å². The van der Waals surface area contributed by atoms with Crippen LogP contribution >= 0.6 is 0 Å². The zero-order valence-electron chi connectivity index (χ0n) is 17.8. The number of hydrogen-bond donors (Lipinski definition) is 1. The van der Waals surface area contributed by atoms with Gasteiger partial charge < -0.3 is 15.0 Å². The van der Waals surface area contributed by atoms with E-state index in [2.05, 4.69) is 42.3 Å². The molecular formula is C24H31N3O2. The number of carbonyl (C=O) groups excluding carboxylic acids is 1. The van der Waals surface area contributed by atoms with Crippen molar-refractivity contribution in [3.63, 3.8) is 0 Å². The molecule has 0 amide bonds. The second-order valence-electron chi connectivity index (χ2n) is 8.19. The molecule has 1 aromatic heterocycles. The molecule has 0 bridgehead atoms. The van der Waals surface area contributed by atoms with Crippen LogP contribution in [-0.2, 0) is 12.8 Å². The molecule has 5 heteroatoms. The number of nitrogens with one attached hydrogen (secondary N) is 1. The number of Topliss-reactive ketones (excluding diaryl/α,β-unsaturated/α-hetero) is 1. The van der Waals surface area contributed by atoms with Crippen LogP contribution in [0.15, 0.2) is 24.3 Å². The molecule has 5 nitrogen and oxygen atoms in total. The van der Waals surface area contributed by atoms with E-state index >= 15 is 0 Å². The van der Waals surface area contributed by atoms with E-state index in [1.54, 1.807) is 6.92 Å². The molecule has 1 fully saturated rings. The van der Waals surface area contributed by atoms with Gasteiger partial charge in [-0.05, 0) is 68.5 Å². The number of fused-ring (bicyclic) bond motifs is 1. The molecule has 3 heterocycles. The largest absolute Gasteiger partial charge is 0.490 e. The van der Waals surface area contributed by atoms with Crippen molar-refractivity contribution in [3.8, 4) is 5.75 Å². The van der Waals surface area contributed by atoms with Gasteiger partial charge in [-0.1, -0.05) is 6.92 Å². The molecule has 0 spiro atoms. The molecule has 0 saturated carbocycles. The Labute approximate surface area is 173 Å². The molecule has 1 aromatic carbocycles. The molecule has 2 aliphatic rings. The smallest absolute Gasteiger partial charge is 0.161 e. The molecule has 1 N–H and O–H groups in total. The number of aryl methyl sites for hydroxylation is 3. The van der Waals surface area contributed by atoms with E-state index in [9.17, 15) is 4.79 Å². The number of ketones is 1. The summed E-state index contributed by atoms with van der Waals surface area (Å²) in [5.74, 6) is 2.10. The van der Waals surface area contributed by atoms with Crippen LogP contribution in [0.1, 0.15) is 60.3 Å². The van der Waals surface area contributed by atoms with Gasteiger partial charge in [0, 0.05) is 43.7 Å². The first-order chi connectivity index (χ1) is 14.0. The highest BCUT2D eigenvalue weighted by Crippen LogP contribution is 2.29. The molecule has 1 saturated heterocycles. The number of hydrogen-bond acceptors (Lipinski definition) is 5. The molecule has 4 rings (SSSR count). The van der Waals surface area contributed by atoms with Gasteiger partial charge in [-0.3, -0.25) is 4.79 Å². The fourth-order valence-electron chi connectivity index (χ4n) is 4.44. The number of aromatic nitrogens is 1. The summed E-state index contributed by atoms with van der Waals surface area (Å²) in [7, 11) is 0. The normalized spacial score (nSPS) is 16.9. The third-order valence-corrected chi connectivity index (χ3v) is 6.04. The van der Waals surface area contributed by atoms with Gasteiger partial charge in [0.2, 0.25) is 0 Å². The zero-order chi connectivity index (χ0) is 20.4. The molecule has 2 aromatic rings. The van der Waals surface area contributed by atoms with Gasteiger partial charge >= 0.3 is 0 Å². The lowest BCUT2D eigenvalue weighted by atomic mass is 10.0. The third-order valence-electron chi connectivity index (χ3n) is 6.04. The first-order valence-electron chi connectivity index (χ1n) is 10.8. The number of rotatable bonds is 5. The average Bonchev–Trinajstić information content (AvgIpc) is 2.74. The van der Waals surface area contributed by atoms with E-state index in [1.165, 1.54) is 17.7 Å². The summed E-state index contributed by atoms with van der Waals surface area (Å²) in [5.41, 5.74) is 5.35. The minimum Gasteiger partial charge on any atom is -0.490 e. The Hall–Kier alpha value is -2.56. The highest BCUT2D eigenvalue weighted by Gasteiger charge is 2.24. The fraction of sp³-hybridized carbons (Fsp3) is 0.500. The van der Waals surface area contributed by atoms with Crippen LogP contribution in [0.3, 0.4) is 0 Å². The Balaban J connectivity index is 1.41. The molecule has 0 aliphatic carbocycles. The summed E-state index contributed by atoms with van der Waals surface area (Å²) in [6.45, 7) is 8.64. The Morgan fingerprint density at radius 2 is 2.07 bits per heavy atom. The predicted molar refractivity (Wildman–Crippen MR) is 117 cm³/mol. The number of ether oxygens (including phenoxy) is 1. The number of nitrogens with zero attached hydrogens (tertiary/aromatic N) is 2. The fourth-order valence-corrected chi connectivity index (χ4v) is 4.44. The van der Waals surface area contributed by atoms with Crippen LogP contribution in [0.4, 0.5) is 11.5 Å². The van der Waals surface area contributed by atoms with Crippen LogP contribution < -0.4 is 15.0 Å². The minimum absolute atomic E-state index is 0.0938. The lowest BCUT2D eigenvalue weighted by molar-refractivity contribution is 0.101. The average molecular weight is 394 g/mol. The van der Waals surface area contributed by atoms with Gasteiger partial charge in [-0.15, -0.1) is 0 Å². The number of pyridine rings is 1. The van der Waals surface area contributed by atoms with Crippen molar-refractivity contribution in [1.82, 2.24) is 4.98 Å². The van der Waals surface area contributed by atoms with Crippen molar-refractivity contribution in [2.75, 3.05) is 29.9 Å². The summed E-state index contributed by atoms with van der Waals surface area (Å²) < 4.78 is 6.31. The van der Waals surface area contributed by atoms with E-state index in [-0.39, 0.29) is 11.9 Å². The molecule has 0 radical (unpaired) electrons. The van der Waals surface area contributed by atoms with Crippen molar-refractivity contribution in [2.45, 2.75) is 59.0 Å². The van der Waals surface area contributed by atoms with Gasteiger partial charge in [-0.25, -0.2) is 4.98 Å². The number of anilines is 2. The maximum atomic E-state index is 11.9. The summed E-state index contributed by atoms with van der Waals surface area (Å²) in [4.78, 5) is 19.1. The highest BCUT2D eigenvalue weighted by molar-refractivity contribution is 5.95. The van der Waals surface area contributed by atoms with E-state index in [1.807, 2.05) is 6.07 Å². The SMILES string of the molecule is CCc1nc(N2CCC(Oc3ccc4c(c3)CCCN4)CC2)c(C)cc1C(C)=O. The topological polar surface area (TPSA) is 54.5 Å². The molecular weight excluding hydrogens is 362 g/mol. The highest BCUT2D eigenvalue weighted by atomic mass is 16.5. The number of piperidine rings is 1. The summed E-state index contributed by atoms with van der Waals surface area (Å²) in [5, 5.41) is 3.45. The molecule has 0 atom stereocenters. The second kappa shape index (κ2) is 8.44. The molecule has 154 valence electrons. The van der Waals surface area contributed by atoms with Crippen molar-refractivity contribution in [3.05, 3.63) is 46.6 Å². The van der Waals surface area contributed by atoms with Crippen molar-refractivity contribution in [1.29, 1.82) is 0 Å². The van der Waals surface area contributed by atoms with Gasteiger partial charge in [0.25, 0.3) is 0 Å². The van der Waals surface area contributed by atoms with Gasteiger partial charge in [0.1, 0.15) is 17.7 Å². The van der Waals surface area contributed by atoms with Crippen molar-refractivity contribution < 1.29 is 9.53 Å². The van der Waals surface area contributed by atoms with Crippen LogP contribution in [0.25, 0.3) is 0 Å². The second-order valence-corrected chi connectivity index (χ2v) is 8.19. The van der Waals surface area contributed by atoms with Crippen molar-refractivity contribution in [2.24, 2.45) is 0 Å². The third kappa shape index (κ3) is 4.24. The molecule has 29 heavy (non-hydrogen) atoms. The van der Waals surface area contributed by atoms with Crippen LogP contribution in [0.2, 0.25) is 0 Å². The summed E-state index contributed by atoms with van der Waals surface area (Å²) in [6, 6.07) is 8.44. The lowest BCUT2D eigenvalue weighted by Gasteiger charge is -2.34. The monoisotopic (exact) mass is 393 g/mol. The van der Waals surface area contributed by atoms with Crippen LogP contribution in [0.5, 0.6) is 5.75 Å². The van der Waals surface area contributed by atoms with E-state index in [0.717, 1.165) is 73.7 Å². The lowest BCUT2D eigenvalue weighted by Crippen LogP contribution is -2.39. The molecule has 2 aliphatic heterocycles. The van der Waals surface area contributed by atoms with Crippen LogP contribution in [-0.4, -0.2) is 36.5 Å². The summed E-state index contributed by atoms with van der Waals surface area (Å²) in [6.07, 6.45) is 5.28. The Morgan fingerprint density at radius 3 is 2.79 bits per heavy atom. The van der Waals surface area contributed by atoms with E-state index in [0.29, 0.717) is 0 Å². The van der Waals surface area contributed by atoms with Gasteiger partial charge in [0.15, 0.2) is 5.78 Å². The first kappa shape index (κ1) is 19.7.